The van der Waals surface area contributed by atoms with Gasteiger partial charge in [-0.2, -0.15) is 0 Å². The van der Waals surface area contributed by atoms with Gasteiger partial charge in [0.05, 0.1) is 0 Å². The summed E-state index contributed by atoms with van der Waals surface area (Å²) < 4.78 is 1.07. The van der Waals surface area contributed by atoms with Crippen molar-refractivity contribution in [3.05, 3.63) is 22.3 Å². The summed E-state index contributed by atoms with van der Waals surface area (Å²) in [7, 11) is 2.20. The van der Waals surface area contributed by atoms with Crippen LogP contribution in [0.3, 0.4) is 0 Å². The van der Waals surface area contributed by atoms with Crippen LogP contribution in [0.5, 0.6) is 0 Å². The van der Waals surface area contributed by atoms with E-state index in [-0.39, 0.29) is 0 Å². The number of anilines is 1. The lowest BCUT2D eigenvalue weighted by Gasteiger charge is -2.29. The van der Waals surface area contributed by atoms with Crippen molar-refractivity contribution in [2.24, 2.45) is 5.92 Å². The van der Waals surface area contributed by atoms with Crippen molar-refractivity contribution in [2.75, 3.05) is 32.0 Å². The molecule has 1 aliphatic heterocycles. The maximum absolute atomic E-state index is 4.37. The van der Waals surface area contributed by atoms with Crippen molar-refractivity contribution in [3.8, 4) is 0 Å². The number of aryl methyl sites for hydroxylation is 1. The third-order valence-electron chi connectivity index (χ3n) is 3.34. The molecule has 1 atom stereocenters. The molecule has 1 fully saturated rings. The van der Waals surface area contributed by atoms with E-state index in [4.69, 9.17) is 0 Å². The van der Waals surface area contributed by atoms with Gasteiger partial charge in [-0.25, -0.2) is 4.98 Å². The fourth-order valence-corrected chi connectivity index (χ4v) is 2.54. The Hall–Kier alpha value is -0.610. The molecule has 1 N–H and O–H groups in total. The van der Waals surface area contributed by atoms with Crippen molar-refractivity contribution >= 4 is 21.7 Å². The van der Waals surface area contributed by atoms with E-state index in [9.17, 15) is 0 Å². The smallest absolute Gasteiger partial charge is 0.126 e. The molecule has 0 saturated carbocycles. The molecule has 1 aromatic heterocycles. The van der Waals surface area contributed by atoms with Crippen LogP contribution in [-0.2, 0) is 0 Å². The number of rotatable bonds is 3. The van der Waals surface area contributed by atoms with Gasteiger partial charge in [0.15, 0.2) is 0 Å². The average molecular weight is 298 g/mol. The molecule has 2 rings (SSSR count). The molecule has 0 radical (unpaired) electrons. The zero-order valence-electron chi connectivity index (χ0n) is 10.5. The highest BCUT2D eigenvalue weighted by molar-refractivity contribution is 9.10. The van der Waals surface area contributed by atoms with Gasteiger partial charge in [0.25, 0.3) is 0 Å². The minimum Gasteiger partial charge on any atom is -0.370 e. The second-order valence-corrected chi connectivity index (χ2v) is 5.82. The highest BCUT2D eigenvalue weighted by Crippen LogP contribution is 2.19. The zero-order valence-corrected chi connectivity index (χ0v) is 12.1. The van der Waals surface area contributed by atoms with E-state index in [0.717, 1.165) is 22.8 Å². The molecule has 1 aromatic rings. The van der Waals surface area contributed by atoms with Gasteiger partial charge >= 0.3 is 0 Å². The number of likely N-dealkylation sites (tertiary alicyclic amines) is 1. The summed E-state index contributed by atoms with van der Waals surface area (Å²) in [6, 6.07) is 2.09. The van der Waals surface area contributed by atoms with E-state index in [2.05, 4.69) is 51.2 Å². The van der Waals surface area contributed by atoms with E-state index in [1.54, 1.807) is 0 Å². The molecule has 1 aliphatic rings. The van der Waals surface area contributed by atoms with Crippen LogP contribution in [0, 0.1) is 12.8 Å². The first-order valence-electron chi connectivity index (χ1n) is 6.19. The van der Waals surface area contributed by atoms with Gasteiger partial charge < -0.3 is 10.2 Å². The summed E-state index contributed by atoms with van der Waals surface area (Å²) in [5.41, 5.74) is 1.23. The minimum absolute atomic E-state index is 0.750. The molecule has 3 nitrogen and oxygen atoms in total. The van der Waals surface area contributed by atoms with Crippen LogP contribution in [-0.4, -0.2) is 36.6 Å². The fraction of sp³-hybridized carbons (Fsp3) is 0.615. The Morgan fingerprint density at radius 1 is 1.59 bits per heavy atom. The monoisotopic (exact) mass is 297 g/mol. The number of pyridine rings is 1. The maximum atomic E-state index is 4.37. The standard InChI is InChI=1S/C13H20BrN3/c1-10-6-13(16-8-12(10)14)15-7-11-4-3-5-17(2)9-11/h6,8,11H,3-5,7,9H2,1-2H3,(H,15,16). The number of halogens is 1. The van der Waals surface area contributed by atoms with Crippen LogP contribution in [0.25, 0.3) is 0 Å². The number of nitrogens with one attached hydrogen (secondary N) is 1. The number of piperidine rings is 1. The predicted octanol–water partition coefficient (Wildman–Crippen LogP) is 2.91. The van der Waals surface area contributed by atoms with Crippen LogP contribution >= 0.6 is 15.9 Å². The highest BCUT2D eigenvalue weighted by atomic mass is 79.9. The molecule has 4 heteroatoms. The number of aromatic nitrogens is 1. The van der Waals surface area contributed by atoms with Gasteiger partial charge in [0.1, 0.15) is 5.82 Å². The number of hydrogen-bond acceptors (Lipinski definition) is 3. The quantitative estimate of drug-likeness (QED) is 0.930. The van der Waals surface area contributed by atoms with Gasteiger partial charge in [0.2, 0.25) is 0 Å². The molecule has 0 amide bonds. The maximum Gasteiger partial charge on any atom is 0.126 e. The van der Waals surface area contributed by atoms with Gasteiger partial charge in [-0.05, 0) is 66.8 Å². The summed E-state index contributed by atoms with van der Waals surface area (Å²) in [6.45, 7) is 5.55. The largest absolute Gasteiger partial charge is 0.370 e. The second-order valence-electron chi connectivity index (χ2n) is 4.97. The summed E-state index contributed by atoms with van der Waals surface area (Å²) in [5.74, 6) is 1.73. The van der Waals surface area contributed by atoms with Crippen molar-refractivity contribution in [2.45, 2.75) is 19.8 Å². The van der Waals surface area contributed by atoms with E-state index in [1.807, 2.05) is 6.20 Å². The van der Waals surface area contributed by atoms with Gasteiger partial charge in [-0.1, -0.05) is 0 Å². The van der Waals surface area contributed by atoms with Crippen LogP contribution in [0.2, 0.25) is 0 Å². The lowest BCUT2D eigenvalue weighted by atomic mass is 9.98. The number of nitrogens with zero attached hydrogens (tertiary/aromatic N) is 2. The first-order chi connectivity index (χ1) is 8.15. The van der Waals surface area contributed by atoms with Crippen LogP contribution in [0.4, 0.5) is 5.82 Å². The SMILES string of the molecule is Cc1cc(NCC2CCCN(C)C2)ncc1Br. The Balaban J connectivity index is 1.86. The zero-order chi connectivity index (χ0) is 12.3. The minimum atomic E-state index is 0.750. The Bertz CT molecular complexity index is 381. The molecule has 0 aliphatic carbocycles. The molecule has 1 unspecified atom stereocenters. The summed E-state index contributed by atoms with van der Waals surface area (Å²) in [6.07, 6.45) is 4.51. The predicted molar refractivity (Wildman–Crippen MR) is 75.4 cm³/mol. The normalized spacial score (nSPS) is 21.5. The Morgan fingerprint density at radius 3 is 3.12 bits per heavy atom. The Labute approximate surface area is 112 Å². The van der Waals surface area contributed by atoms with Crippen molar-refractivity contribution in [3.63, 3.8) is 0 Å². The first-order valence-corrected chi connectivity index (χ1v) is 6.99. The Kier molecular flexibility index (Phi) is 4.40. The van der Waals surface area contributed by atoms with E-state index in [1.165, 1.54) is 31.5 Å². The second kappa shape index (κ2) is 5.83. The molecule has 2 heterocycles. The summed E-state index contributed by atoms with van der Waals surface area (Å²) in [4.78, 5) is 6.78. The van der Waals surface area contributed by atoms with E-state index < -0.39 is 0 Å². The summed E-state index contributed by atoms with van der Waals surface area (Å²) in [5, 5.41) is 3.44. The highest BCUT2D eigenvalue weighted by Gasteiger charge is 2.16. The van der Waals surface area contributed by atoms with Crippen LogP contribution in [0.15, 0.2) is 16.7 Å². The van der Waals surface area contributed by atoms with E-state index >= 15 is 0 Å². The van der Waals surface area contributed by atoms with Crippen molar-refractivity contribution in [1.82, 2.24) is 9.88 Å². The topological polar surface area (TPSA) is 28.2 Å². The van der Waals surface area contributed by atoms with E-state index in [0.29, 0.717) is 0 Å². The third-order valence-corrected chi connectivity index (χ3v) is 4.17. The molecule has 17 heavy (non-hydrogen) atoms. The number of hydrogen-bond donors (Lipinski definition) is 1. The molecule has 0 spiro atoms. The molecular formula is C13H20BrN3. The Morgan fingerprint density at radius 2 is 2.41 bits per heavy atom. The molecule has 0 bridgehead atoms. The first kappa shape index (κ1) is 12.8. The van der Waals surface area contributed by atoms with Gasteiger partial charge in [-0.3, -0.25) is 0 Å². The van der Waals surface area contributed by atoms with Gasteiger partial charge in [-0.15, -0.1) is 0 Å². The van der Waals surface area contributed by atoms with Crippen LogP contribution < -0.4 is 5.32 Å². The van der Waals surface area contributed by atoms with Crippen molar-refractivity contribution < 1.29 is 0 Å². The third kappa shape index (κ3) is 3.68. The van der Waals surface area contributed by atoms with Crippen LogP contribution in [0.1, 0.15) is 18.4 Å². The summed E-state index contributed by atoms with van der Waals surface area (Å²) >= 11 is 3.47. The molecule has 1 saturated heterocycles. The lowest BCUT2D eigenvalue weighted by Crippen LogP contribution is -2.35. The van der Waals surface area contributed by atoms with Crippen molar-refractivity contribution in [1.29, 1.82) is 0 Å². The molecular weight excluding hydrogens is 278 g/mol. The molecule has 0 aromatic carbocycles. The fourth-order valence-electron chi connectivity index (χ4n) is 2.32. The lowest BCUT2D eigenvalue weighted by molar-refractivity contribution is 0.217. The molecule has 94 valence electrons. The van der Waals surface area contributed by atoms with Gasteiger partial charge in [0, 0.05) is 23.8 Å². The average Bonchev–Trinajstić information content (AvgIpc) is 2.31.